The van der Waals surface area contributed by atoms with Gasteiger partial charge in [0.2, 0.25) is 0 Å². The monoisotopic (exact) mass is 539 g/mol. The summed E-state index contributed by atoms with van der Waals surface area (Å²) in [5, 5.41) is 11.4. The van der Waals surface area contributed by atoms with Crippen LogP contribution in [0.15, 0.2) is 72.6 Å². The average Bonchev–Trinajstić information content (AvgIpc) is 3.22. The zero-order valence-corrected chi connectivity index (χ0v) is 20.6. The Bertz CT molecular complexity index is 1390. The van der Waals surface area contributed by atoms with E-state index < -0.39 is 41.3 Å². The Balaban J connectivity index is 1.59. The van der Waals surface area contributed by atoms with Crippen LogP contribution in [-0.2, 0) is 27.1 Å². The minimum atomic E-state index is -4.62. The number of benzene rings is 1. The standard InChI is InChI=1S/C28H24F3N3O5/c29-28(30,31)18-8-9-20(33-15-18)24-22(26(36)27(37)34(24)19-10-13-38-14-11-19)25(35)23-21(7-4-12-32-23)39-16-17-5-2-1-3-6-17/h1-9,12,15,19,24,35H,10-11,13-14,16H2/t24-/m0/s1. The summed E-state index contributed by atoms with van der Waals surface area (Å²) in [5.41, 5.74) is -0.505. The van der Waals surface area contributed by atoms with Gasteiger partial charge in [0.1, 0.15) is 24.1 Å². The third-order valence-corrected chi connectivity index (χ3v) is 6.69. The first-order valence-electron chi connectivity index (χ1n) is 12.3. The van der Waals surface area contributed by atoms with Crippen LogP contribution in [0.4, 0.5) is 13.2 Å². The van der Waals surface area contributed by atoms with Gasteiger partial charge in [0.15, 0.2) is 5.76 Å². The number of ketones is 1. The number of aliphatic hydroxyl groups excluding tert-OH is 1. The first-order chi connectivity index (χ1) is 18.8. The van der Waals surface area contributed by atoms with E-state index in [4.69, 9.17) is 9.47 Å². The molecule has 11 heteroatoms. The summed E-state index contributed by atoms with van der Waals surface area (Å²) < 4.78 is 50.9. The van der Waals surface area contributed by atoms with Crippen molar-refractivity contribution in [2.45, 2.75) is 37.7 Å². The molecule has 2 fully saturated rings. The predicted molar refractivity (Wildman–Crippen MR) is 132 cm³/mol. The minimum absolute atomic E-state index is 0.0120. The van der Waals surface area contributed by atoms with Gasteiger partial charge < -0.3 is 19.5 Å². The lowest BCUT2D eigenvalue weighted by Gasteiger charge is -2.35. The fraction of sp³-hybridized carbons (Fsp3) is 0.286. The van der Waals surface area contributed by atoms with E-state index in [1.54, 1.807) is 12.1 Å². The number of alkyl halides is 3. The van der Waals surface area contributed by atoms with Crippen LogP contribution in [-0.4, -0.2) is 50.9 Å². The molecule has 1 amide bonds. The third kappa shape index (κ3) is 5.35. The highest BCUT2D eigenvalue weighted by Gasteiger charge is 2.50. The Morgan fingerprint density at radius 1 is 1.03 bits per heavy atom. The molecular weight excluding hydrogens is 515 g/mol. The lowest BCUT2D eigenvalue weighted by Crippen LogP contribution is -2.42. The van der Waals surface area contributed by atoms with Crippen molar-refractivity contribution in [3.63, 3.8) is 0 Å². The van der Waals surface area contributed by atoms with Crippen LogP contribution in [0.3, 0.4) is 0 Å². The number of carbonyl (C=O) groups is 2. The molecule has 2 saturated heterocycles. The molecule has 5 rings (SSSR count). The van der Waals surface area contributed by atoms with E-state index in [0.717, 1.165) is 17.7 Å². The summed E-state index contributed by atoms with van der Waals surface area (Å²) in [7, 11) is 0. The van der Waals surface area contributed by atoms with E-state index in [1.165, 1.54) is 11.1 Å². The number of hydrogen-bond donors (Lipinski definition) is 1. The van der Waals surface area contributed by atoms with Crippen molar-refractivity contribution in [3.05, 3.63) is 95.1 Å². The highest BCUT2D eigenvalue weighted by molar-refractivity contribution is 6.46. The van der Waals surface area contributed by atoms with E-state index >= 15 is 0 Å². The van der Waals surface area contributed by atoms with Gasteiger partial charge >= 0.3 is 6.18 Å². The number of ether oxygens (including phenoxy) is 2. The van der Waals surface area contributed by atoms with E-state index in [0.29, 0.717) is 32.3 Å². The van der Waals surface area contributed by atoms with Crippen LogP contribution in [0.5, 0.6) is 5.75 Å². The summed E-state index contributed by atoms with van der Waals surface area (Å²) in [6.45, 7) is 0.837. The molecular formula is C28H24F3N3O5. The molecule has 8 nitrogen and oxygen atoms in total. The molecule has 0 saturated carbocycles. The molecule has 39 heavy (non-hydrogen) atoms. The fourth-order valence-electron chi connectivity index (χ4n) is 4.76. The molecule has 2 aliphatic rings. The van der Waals surface area contributed by atoms with Gasteiger partial charge in [-0.1, -0.05) is 30.3 Å². The van der Waals surface area contributed by atoms with E-state index in [-0.39, 0.29) is 29.3 Å². The highest BCUT2D eigenvalue weighted by atomic mass is 19.4. The van der Waals surface area contributed by atoms with Gasteiger partial charge in [-0.05, 0) is 42.7 Å². The second-order valence-electron chi connectivity index (χ2n) is 9.14. The first-order valence-corrected chi connectivity index (χ1v) is 12.3. The zero-order chi connectivity index (χ0) is 27.6. The Hall–Kier alpha value is -4.25. The summed E-state index contributed by atoms with van der Waals surface area (Å²) in [6, 6.07) is 12.7. The topological polar surface area (TPSA) is 102 Å². The zero-order valence-electron chi connectivity index (χ0n) is 20.6. The van der Waals surface area contributed by atoms with Crippen molar-refractivity contribution in [2.75, 3.05) is 13.2 Å². The summed E-state index contributed by atoms with van der Waals surface area (Å²) in [6.07, 6.45) is -1.75. The normalized spacial score (nSPS) is 19.9. The van der Waals surface area contributed by atoms with Crippen LogP contribution < -0.4 is 4.74 Å². The smallest absolute Gasteiger partial charge is 0.417 e. The highest BCUT2D eigenvalue weighted by Crippen LogP contribution is 2.42. The van der Waals surface area contributed by atoms with Gasteiger partial charge in [-0.15, -0.1) is 0 Å². The summed E-state index contributed by atoms with van der Waals surface area (Å²) >= 11 is 0. The first kappa shape index (κ1) is 26.4. The summed E-state index contributed by atoms with van der Waals surface area (Å²) in [4.78, 5) is 36.1. The number of likely N-dealkylation sites (tertiary alicyclic amines) is 1. The fourth-order valence-corrected chi connectivity index (χ4v) is 4.76. The molecule has 2 aromatic heterocycles. The van der Waals surface area contributed by atoms with Gasteiger partial charge in [0.25, 0.3) is 11.7 Å². The van der Waals surface area contributed by atoms with Crippen molar-refractivity contribution in [1.82, 2.24) is 14.9 Å². The van der Waals surface area contributed by atoms with Crippen molar-refractivity contribution < 1.29 is 37.3 Å². The van der Waals surface area contributed by atoms with Crippen LogP contribution in [0.25, 0.3) is 5.76 Å². The lowest BCUT2D eigenvalue weighted by atomic mass is 9.97. The second kappa shape index (κ2) is 10.9. The number of aliphatic hydroxyl groups is 1. The molecule has 0 aliphatic carbocycles. The Morgan fingerprint density at radius 2 is 1.77 bits per heavy atom. The number of aromatic nitrogens is 2. The number of amides is 1. The number of halogens is 3. The Kier molecular flexibility index (Phi) is 7.34. The van der Waals surface area contributed by atoms with Crippen LogP contribution in [0.1, 0.15) is 41.4 Å². The molecule has 202 valence electrons. The van der Waals surface area contributed by atoms with Crippen molar-refractivity contribution >= 4 is 17.4 Å². The number of rotatable bonds is 6. The van der Waals surface area contributed by atoms with Gasteiger partial charge in [0.05, 0.1) is 16.8 Å². The van der Waals surface area contributed by atoms with E-state index in [9.17, 15) is 27.9 Å². The lowest BCUT2D eigenvalue weighted by molar-refractivity contribution is -0.142. The van der Waals surface area contributed by atoms with Gasteiger partial charge in [-0.3, -0.25) is 14.6 Å². The predicted octanol–water partition coefficient (Wildman–Crippen LogP) is 4.68. The van der Waals surface area contributed by atoms with E-state index in [2.05, 4.69) is 9.97 Å². The summed E-state index contributed by atoms with van der Waals surface area (Å²) in [5.74, 6) is -2.29. The molecule has 1 N–H and O–H groups in total. The van der Waals surface area contributed by atoms with Gasteiger partial charge in [0, 0.05) is 31.6 Å². The molecule has 3 aromatic rings. The van der Waals surface area contributed by atoms with Gasteiger partial charge in [-0.25, -0.2) is 4.98 Å². The quantitative estimate of drug-likeness (QED) is 0.276. The van der Waals surface area contributed by atoms with E-state index in [1.807, 2.05) is 30.3 Å². The van der Waals surface area contributed by atoms with Crippen molar-refractivity contribution in [1.29, 1.82) is 0 Å². The average molecular weight is 540 g/mol. The number of Topliss-reactive ketones (excluding diaryl/α,β-unsaturated/α-hetero) is 1. The molecule has 1 atom stereocenters. The molecule has 0 spiro atoms. The largest absolute Gasteiger partial charge is 0.505 e. The van der Waals surface area contributed by atoms with Crippen molar-refractivity contribution in [3.8, 4) is 5.75 Å². The maximum absolute atomic E-state index is 13.4. The third-order valence-electron chi connectivity index (χ3n) is 6.69. The molecule has 0 bridgehead atoms. The Labute approximate surface area is 221 Å². The second-order valence-corrected chi connectivity index (χ2v) is 9.14. The van der Waals surface area contributed by atoms with Crippen LogP contribution >= 0.6 is 0 Å². The SMILES string of the molecule is O=C1C(=O)N(C2CCOCC2)[C@@H](c2ccc(C(F)(F)F)cn2)C1=C(O)c1ncccc1OCc1ccccc1. The molecule has 4 heterocycles. The maximum atomic E-state index is 13.4. The van der Waals surface area contributed by atoms with Crippen molar-refractivity contribution in [2.24, 2.45) is 0 Å². The number of hydrogen-bond acceptors (Lipinski definition) is 7. The maximum Gasteiger partial charge on any atom is 0.417 e. The minimum Gasteiger partial charge on any atom is -0.505 e. The molecule has 2 aliphatic heterocycles. The molecule has 1 aromatic carbocycles. The van der Waals surface area contributed by atoms with Crippen LogP contribution in [0.2, 0.25) is 0 Å². The van der Waals surface area contributed by atoms with Crippen LogP contribution in [0, 0.1) is 0 Å². The number of pyridine rings is 2. The Morgan fingerprint density at radius 3 is 2.44 bits per heavy atom. The molecule has 0 unspecified atom stereocenters. The molecule has 0 radical (unpaired) electrons. The number of nitrogens with zero attached hydrogens (tertiary/aromatic N) is 3. The van der Waals surface area contributed by atoms with Gasteiger partial charge in [-0.2, -0.15) is 13.2 Å². The number of carbonyl (C=O) groups excluding carboxylic acids is 2.